The van der Waals surface area contributed by atoms with Crippen LogP contribution in [-0.4, -0.2) is 29.3 Å². The summed E-state index contributed by atoms with van der Waals surface area (Å²) in [5, 5.41) is 0. The Bertz CT molecular complexity index is 869. The first-order valence-electron chi connectivity index (χ1n) is 8.62. The van der Waals surface area contributed by atoms with Gasteiger partial charge in [-0.2, -0.15) is 0 Å². The molecule has 0 spiro atoms. The fraction of sp³-hybridized carbons (Fsp3) is 0.190. The highest BCUT2D eigenvalue weighted by Crippen LogP contribution is 2.23. The number of hydrogen-bond donors (Lipinski definition) is 0. The van der Waals surface area contributed by atoms with Crippen molar-refractivity contribution >= 4 is 34.6 Å². The first-order chi connectivity index (χ1) is 13.2. The monoisotopic (exact) mass is 398 g/mol. The number of thiazole rings is 1. The lowest BCUT2D eigenvalue weighted by molar-refractivity contribution is -0.144. The zero-order valence-corrected chi connectivity index (χ0v) is 16.4. The van der Waals surface area contributed by atoms with E-state index in [1.165, 1.54) is 11.3 Å². The van der Waals surface area contributed by atoms with Gasteiger partial charge in [0.25, 0.3) is 0 Å². The van der Waals surface area contributed by atoms with Gasteiger partial charge in [-0.25, -0.2) is 9.78 Å². The SMILES string of the molecule is CCOC(=O)C(Cc1ncsc1Cl)N=C(c1ccccc1)c1ccccc1. The Kier molecular flexibility index (Phi) is 6.74. The summed E-state index contributed by atoms with van der Waals surface area (Å²) in [6.07, 6.45) is 0.296. The van der Waals surface area contributed by atoms with Crippen molar-refractivity contribution in [2.45, 2.75) is 19.4 Å². The standard InChI is InChI=1S/C21H19ClN2O2S/c1-2-26-21(25)18(13-17-20(22)27-14-23-17)24-19(15-9-5-3-6-10-15)16-11-7-4-8-12-16/h3-12,14,18H,2,13H2,1H3. The molecule has 1 heterocycles. The Morgan fingerprint density at radius 3 is 2.19 bits per heavy atom. The summed E-state index contributed by atoms with van der Waals surface area (Å²) in [6, 6.07) is 18.9. The molecule has 2 aromatic carbocycles. The number of nitrogens with zero attached hydrogens (tertiary/aromatic N) is 2. The molecule has 0 radical (unpaired) electrons. The van der Waals surface area contributed by atoms with Crippen molar-refractivity contribution in [2.75, 3.05) is 6.61 Å². The normalized spacial score (nSPS) is 11.6. The van der Waals surface area contributed by atoms with E-state index in [-0.39, 0.29) is 5.97 Å². The van der Waals surface area contributed by atoms with Gasteiger partial charge in [0.15, 0.2) is 6.04 Å². The van der Waals surface area contributed by atoms with Gasteiger partial charge in [0.2, 0.25) is 0 Å². The summed E-state index contributed by atoms with van der Waals surface area (Å²) in [7, 11) is 0. The van der Waals surface area contributed by atoms with E-state index in [2.05, 4.69) is 4.98 Å². The second kappa shape index (κ2) is 9.44. The molecule has 0 N–H and O–H groups in total. The summed E-state index contributed by atoms with van der Waals surface area (Å²) >= 11 is 7.53. The molecule has 0 aliphatic rings. The molecule has 0 amide bonds. The fourth-order valence-corrected chi connectivity index (χ4v) is 3.44. The highest BCUT2D eigenvalue weighted by Gasteiger charge is 2.23. The molecule has 138 valence electrons. The van der Waals surface area contributed by atoms with Crippen LogP contribution >= 0.6 is 22.9 Å². The van der Waals surface area contributed by atoms with E-state index in [0.717, 1.165) is 16.8 Å². The van der Waals surface area contributed by atoms with Gasteiger partial charge in [0.1, 0.15) is 4.34 Å². The molecule has 0 saturated heterocycles. The van der Waals surface area contributed by atoms with Crippen molar-refractivity contribution < 1.29 is 9.53 Å². The number of ether oxygens (including phenoxy) is 1. The number of aliphatic imine (C=N–C) groups is 1. The molecule has 3 aromatic rings. The molecule has 0 fully saturated rings. The third kappa shape index (κ3) is 5.02. The molecular weight excluding hydrogens is 380 g/mol. The molecule has 0 aliphatic heterocycles. The maximum atomic E-state index is 12.6. The van der Waals surface area contributed by atoms with E-state index in [0.29, 0.717) is 23.1 Å². The minimum atomic E-state index is -0.722. The lowest BCUT2D eigenvalue weighted by Crippen LogP contribution is -2.26. The van der Waals surface area contributed by atoms with Crippen LogP contribution in [0.4, 0.5) is 0 Å². The lowest BCUT2D eigenvalue weighted by Gasteiger charge is -2.14. The third-order valence-corrected chi connectivity index (χ3v) is 5.06. The average molecular weight is 399 g/mol. The number of benzene rings is 2. The molecule has 1 unspecified atom stereocenters. The second-order valence-electron chi connectivity index (χ2n) is 5.75. The van der Waals surface area contributed by atoms with Crippen molar-refractivity contribution in [3.05, 3.63) is 87.3 Å². The molecule has 1 atom stereocenters. The van der Waals surface area contributed by atoms with Gasteiger partial charge >= 0.3 is 5.97 Å². The molecular formula is C21H19ClN2O2S. The van der Waals surface area contributed by atoms with Gasteiger partial charge < -0.3 is 4.74 Å². The second-order valence-corrected chi connectivity index (χ2v) is 7.21. The van der Waals surface area contributed by atoms with E-state index in [1.807, 2.05) is 60.7 Å². The van der Waals surface area contributed by atoms with Gasteiger partial charge in [0, 0.05) is 17.5 Å². The maximum Gasteiger partial charge on any atom is 0.331 e. The fourth-order valence-electron chi connectivity index (χ4n) is 2.65. The van der Waals surface area contributed by atoms with Crippen LogP contribution in [0.3, 0.4) is 0 Å². The van der Waals surface area contributed by atoms with Crippen molar-refractivity contribution in [3.8, 4) is 0 Å². The van der Waals surface area contributed by atoms with E-state index in [4.69, 9.17) is 21.3 Å². The minimum Gasteiger partial charge on any atom is -0.464 e. The van der Waals surface area contributed by atoms with Crippen LogP contribution in [0.1, 0.15) is 23.7 Å². The molecule has 0 saturated carbocycles. The van der Waals surface area contributed by atoms with Crippen LogP contribution in [0.15, 0.2) is 71.2 Å². The van der Waals surface area contributed by atoms with E-state index in [9.17, 15) is 4.79 Å². The number of hydrogen-bond acceptors (Lipinski definition) is 5. The quantitative estimate of drug-likeness (QED) is 0.424. The number of halogens is 1. The number of carbonyl (C=O) groups excluding carboxylic acids is 1. The summed E-state index contributed by atoms with van der Waals surface area (Å²) < 4.78 is 5.82. The highest BCUT2D eigenvalue weighted by atomic mass is 35.5. The highest BCUT2D eigenvalue weighted by molar-refractivity contribution is 7.14. The lowest BCUT2D eigenvalue weighted by atomic mass is 10.0. The predicted molar refractivity (Wildman–Crippen MR) is 110 cm³/mol. The van der Waals surface area contributed by atoms with E-state index >= 15 is 0 Å². The van der Waals surface area contributed by atoms with Gasteiger partial charge in [-0.05, 0) is 6.92 Å². The van der Waals surface area contributed by atoms with Crippen molar-refractivity contribution in [2.24, 2.45) is 4.99 Å². The number of aromatic nitrogens is 1. The largest absolute Gasteiger partial charge is 0.464 e. The first-order valence-corrected chi connectivity index (χ1v) is 9.88. The first kappa shape index (κ1) is 19.3. The third-order valence-electron chi connectivity index (χ3n) is 3.92. The zero-order chi connectivity index (χ0) is 19.1. The van der Waals surface area contributed by atoms with E-state index in [1.54, 1.807) is 12.4 Å². The topological polar surface area (TPSA) is 51.5 Å². The van der Waals surface area contributed by atoms with Crippen molar-refractivity contribution in [1.82, 2.24) is 4.98 Å². The Morgan fingerprint density at radius 2 is 1.70 bits per heavy atom. The Labute approximate surface area is 167 Å². The van der Waals surface area contributed by atoms with E-state index < -0.39 is 6.04 Å². The average Bonchev–Trinajstić information content (AvgIpc) is 3.11. The molecule has 27 heavy (non-hydrogen) atoms. The van der Waals surface area contributed by atoms with Gasteiger partial charge in [-0.3, -0.25) is 4.99 Å². The Balaban J connectivity index is 2.04. The smallest absolute Gasteiger partial charge is 0.331 e. The van der Waals surface area contributed by atoms with Crippen LogP contribution in [0, 0.1) is 0 Å². The Morgan fingerprint density at radius 1 is 1.11 bits per heavy atom. The summed E-state index contributed by atoms with van der Waals surface area (Å²) in [5.74, 6) is -0.383. The summed E-state index contributed by atoms with van der Waals surface area (Å²) in [4.78, 5) is 21.6. The molecule has 0 bridgehead atoms. The minimum absolute atomic E-state index is 0.293. The number of rotatable bonds is 7. The molecule has 0 aliphatic carbocycles. The van der Waals surface area contributed by atoms with Crippen molar-refractivity contribution in [1.29, 1.82) is 0 Å². The van der Waals surface area contributed by atoms with Gasteiger partial charge in [-0.1, -0.05) is 72.3 Å². The maximum absolute atomic E-state index is 12.6. The number of esters is 1. The van der Waals surface area contributed by atoms with Crippen LogP contribution in [0.5, 0.6) is 0 Å². The predicted octanol–water partition coefficient (Wildman–Crippen LogP) is 4.81. The van der Waals surface area contributed by atoms with Gasteiger partial charge in [0.05, 0.1) is 23.5 Å². The molecule has 6 heteroatoms. The van der Waals surface area contributed by atoms with Crippen molar-refractivity contribution in [3.63, 3.8) is 0 Å². The zero-order valence-electron chi connectivity index (χ0n) is 14.8. The molecule has 3 rings (SSSR count). The summed E-state index contributed by atoms with van der Waals surface area (Å²) in [6.45, 7) is 2.07. The molecule has 4 nitrogen and oxygen atoms in total. The van der Waals surface area contributed by atoms with Crippen LogP contribution < -0.4 is 0 Å². The molecule has 1 aromatic heterocycles. The summed E-state index contributed by atoms with van der Waals surface area (Å²) in [5.41, 5.74) is 4.92. The van der Waals surface area contributed by atoms with Gasteiger partial charge in [-0.15, -0.1) is 11.3 Å². The Hall–Kier alpha value is -2.50. The number of carbonyl (C=O) groups is 1. The van der Waals surface area contributed by atoms with Crippen LogP contribution in [0.25, 0.3) is 0 Å². The van der Waals surface area contributed by atoms with Crippen LogP contribution in [0.2, 0.25) is 4.34 Å². The van der Waals surface area contributed by atoms with Crippen LogP contribution in [-0.2, 0) is 16.0 Å².